The summed E-state index contributed by atoms with van der Waals surface area (Å²) in [5, 5.41) is 11.1. The van der Waals surface area contributed by atoms with Gasteiger partial charge in [-0.2, -0.15) is 0 Å². The summed E-state index contributed by atoms with van der Waals surface area (Å²) in [6.07, 6.45) is 1.09. The fourth-order valence-electron chi connectivity index (χ4n) is 3.25. The van der Waals surface area contributed by atoms with Crippen molar-refractivity contribution in [2.24, 2.45) is 5.92 Å². The highest BCUT2D eigenvalue weighted by molar-refractivity contribution is 6.49. The Morgan fingerprint density at radius 3 is 1.92 bits per heavy atom. The number of likely N-dealkylation sites (tertiary alicyclic amines) is 1. The molecule has 1 atom stereocenters. The molecule has 7 heteroatoms. The Hall–Kier alpha value is -0.785. The van der Waals surface area contributed by atoms with Gasteiger partial charge in [-0.1, -0.05) is 0 Å². The minimum atomic E-state index is -1.11. The molecule has 0 radical (unpaired) electrons. The summed E-state index contributed by atoms with van der Waals surface area (Å²) in [5.74, 6) is 0.000821. The molecule has 0 aromatic carbocycles. The summed E-state index contributed by atoms with van der Waals surface area (Å²) < 4.78 is 17.5. The van der Waals surface area contributed by atoms with Crippen molar-refractivity contribution in [1.29, 1.82) is 0 Å². The summed E-state index contributed by atoms with van der Waals surface area (Å²) in [5.41, 5.74) is -2.55. The van der Waals surface area contributed by atoms with Crippen molar-refractivity contribution in [1.82, 2.24) is 4.90 Å². The molecule has 25 heavy (non-hydrogen) atoms. The first-order valence-corrected chi connectivity index (χ1v) is 9.22. The average Bonchev–Trinajstić information content (AvgIpc) is 2.66. The molecule has 144 valence electrons. The van der Waals surface area contributed by atoms with Gasteiger partial charge in [-0.15, -0.1) is 0 Å². The fourth-order valence-corrected chi connectivity index (χ4v) is 3.25. The van der Waals surface area contributed by atoms with E-state index in [1.807, 2.05) is 48.5 Å². The van der Waals surface area contributed by atoms with E-state index < -0.39 is 29.4 Å². The van der Waals surface area contributed by atoms with E-state index in [2.05, 4.69) is 0 Å². The molecule has 2 aliphatic rings. The highest BCUT2D eigenvalue weighted by Crippen LogP contribution is 2.43. The smallest absolute Gasteiger partial charge is 0.444 e. The van der Waals surface area contributed by atoms with Gasteiger partial charge in [0.25, 0.3) is 0 Å². The lowest BCUT2D eigenvalue weighted by Gasteiger charge is -2.40. The van der Waals surface area contributed by atoms with Gasteiger partial charge in [0.05, 0.1) is 11.2 Å². The molecular formula is C18H34BNO5. The van der Waals surface area contributed by atoms with Gasteiger partial charge in [0.2, 0.25) is 0 Å². The number of nitrogens with zero attached hydrogens (tertiary/aromatic N) is 1. The molecule has 1 N–H and O–H groups in total. The van der Waals surface area contributed by atoms with Gasteiger partial charge in [0, 0.05) is 13.1 Å². The number of rotatable bonds is 2. The van der Waals surface area contributed by atoms with Crippen LogP contribution in [0.25, 0.3) is 0 Å². The summed E-state index contributed by atoms with van der Waals surface area (Å²) in [4.78, 5) is 13.9. The average molecular weight is 355 g/mol. The first-order valence-electron chi connectivity index (χ1n) is 9.22. The molecule has 2 heterocycles. The zero-order valence-corrected chi connectivity index (χ0v) is 17.0. The van der Waals surface area contributed by atoms with Crippen molar-refractivity contribution >= 4 is 13.2 Å². The fraction of sp³-hybridized carbons (Fsp3) is 0.944. The van der Waals surface area contributed by atoms with Crippen LogP contribution in [0.1, 0.15) is 68.2 Å². The van der Waals surface area contributed by atoms with Gasteiger partial charge in [-0.25, -0.2) is 4.79 Å². The van der Waals surface area contributed by atoms with E-state index >= 15 is 0 Å². The number of hydrogen-bond donors (Lipinski definition) is 1. The number of carbonyl (C=O) groups excluding carboxylic acids is 1. The van der Waals surface area contributed by atoms with Crippen LogP contribution in [0.4, 0.5) is 4.79 Å². The molecule has 0 aliphatic carbocycles. The minimum absolute atomic E-state index is 0.000821. The van der Waals surface area contributed by atoms with Crippen LogP contribution in [0.15, 0.2) is 0 Å². The van der Waals surface area contributed by atoms with Crippen LogP contribution in [0.3, 0.4) is 0 Å². The van der Waals surface area contributed by atoms with Crippen LogP contribution < -0.4 is 0 Å². The molecule has 0 spiro atoms. The van der Waals surface area contributed by atoms with Crippen molar-refractivity contribution in [3.8, 4) is 0 Å². The van der Waals surface area contributed by atoms with Gasteiger partial charge < -0.3 is 24.1 Å². The van der Waals surface area contributed by atoms with Crippen LogP contribution in [0.2, 0.25) is 0 Å². The normalized spacial score (nSPS) is 26.4. The topological polar surface area (TPSA) is 68.2 Å². The number of hydrogen-bond acceptors (Lipinski definition) is 5. The van der Waals surface area contributed by atoms with E-state index in [9.17, 15) is 9.90 Å². The number of carbonyl (C=O) groups is 1. The van der Waals surface area contributed by atoms with Gasteiger partial charge in [0.15, 0.2) is 0 Å². The maximum absolute atomic E-state index is 12.2. The Kier molecular flexibility index (Phi) is 5.28. The Balaban J connectivity index is 1.97. The zero-order chi connectivity index (χ0) is 19.3. The predicted molar refractivity (Wildman–Crippen MR) is 97.2 cm³/mol. The second-order valence-electron chi connectivity index (χ2n) is 9.56. The van der Waals surface area contributed by atoms with E-state index in [1.165, 1.54) is 0 Å². The predicted octanol–water partition coefficient (Wildman–Crippen LogP) is 3.02. The van der Waals surface area contributed by atoms with Gasteiger partial charge >= 0.3 is 13.2 Å². The molecule has 2 rings (SSSR count). The maximum atomic E-state index is 12.2. The Morgan fingerprint density at radius 2 is 1.52 bits per heavy atom. The quantitative estimate of drug-likeness (QED) is 0.772. The van der Waals surface area contributed by atoms with Crippen molar-refractivity contribution < 1.29 is 23.9 Å². The molecule has 0 unspecified atom stereocenters. The molecule has 2 saturated heterocycles. The first-order chi connectivity index (χ1) is 11.2. The van der Waals surface area contributed by atoms with Gasteiger partial charge in [0.1, 0.15) is 11.1 Å². The van der Waals surface area contributed by atoms with E-state index in [-0.39, 0.29) is 12.0 Å². The lowest BCUT2D eigenvalue weighted by atomic mass is 9.59. The van der Waals surface area contributed by atoms with Crippen LogP contribution in [0.5, 0.6) is 0 Å². The van der Waals surface area contributed by atoms with Crippen molar-refractivity contribution in [3.63, 3.8) is 0 Å². The second kappa shape index (κ2) is 6.43. The molecule has 6 nitrogen and oxygen atoms in total. The van der Waals surface area contributed by atoms with Crippen molar-refractivity contribution in [2.45, 2.75) is 90.5 Å². The van der Waals surface area contributed by atoms with Crippen LogP contribution in [-0.2, 0) is 14.0 Å². The lowest BCUT2D eigenvalue weighted by molar-refractivity contribution is -0.0108. The van der Waals surface area contributed by atoms with Crippen molar-refractivity contribution in [2.75, 3.05) is 13.1 Å². The van der Waals surface area contributed by atoms with E-state index in [4.69, 9.17) is 14.0 Å². The molecule has 0 aromatic rings. The summed E-state index contributed by atoms with van der Waals surface area (Å²) in [6.45, 7) is 16.4. The number of amides is 1. The first kappa shape index (κ1) is 20.5. The highest BCUT2D eigenvalue weighted by Gasteiger charge is 2.59. The van der Waals surface area contributed by atoms with Crippen LogP contribution in [-0.4, -0.2) is 58.6 Å². The number of ether oxygens (including phenoxy) is 1. The van der Waals surface area contributed by atoms with E-state index in [0.29, 0.717) is 25.9 Å². The third-order valence-corrected chi connectivity index (χ3v) is 5.70. The second-order valence-corrected chi connectivity index (χ2v) is 9.56. The molecule has 2 aliphatic heterocycles. The summed E-state index contributed by atoms with van der Waals surface area (Å²) in [7, 11) is -0.671. The molecule has 0 saturated carbocycles. The Morgan fingerprint density at radius 1 is 1.08 bits per heavy atom. The summed E-state index contributed by atoms with van der Waals surface area (Å²) in [6, 6.07) is 0. The maximum Gasteiger partial charge on any atom is 0.492 e. The Labute approximate surface area is 152 Å². The molecule has 2 fully saturated rings. The number of aliphatic hydroxyl groups is 1. The van der Waals surface area contributed by atoms with Gasteiger partial charge in [-0.05, 0) is 74.1 Å². The molecule has 0 aromatic heterocycles. The largest absolute Gasteiger partial charge is 0.492 e. The third kappa shape index (κ3) is 4.31. The molecule has 0 bridgehead atoms. The Bertz CT molecular complexity index is 488. The lowest BCUT2D eigenvalue weighted by Crippen LogP contribution is -2.55. The molecule has 1 amide bonds. The highest BCUT2D eigenvalue weighted by atomic mass is 16.7. The SMILES string of the molecule is CC(C)(C)OC(=O)N1CCC([C@@](C)(O)B2OC(C)(C)C(C)(C)O2)CC1. The standard InChI is InChI=1S/C18H34BNO5/c1-15(2,3)23-14(21)20-11-9-13(10-12-20)18(8,22)19-24-16(4,5)17(6,7)25-19/h13,22H,9-12H2,1-8H3/t18-/m1/s1. The number of piperidine rings is 1. The van der Waals surface area contributed by atoms with Crippen LogP contribution >= 0.6 is 0 Å². The van der Waals surface area contributed by atoms with Gasteiger partial charge in [-0.3, -0.25) is 0 Å². The zero-order valence-electron chi connectivity index (χ0n) is 17.0. The third-order valence-electron chi connectivity index (χ3n) is 5.70. The monoisotopic (exact) mass is 355 g/mol. The summed E-state index contributed by atoms with van der Waals surface area (Å²) >= 11 is 0. The van der Waals surface area contributed by atoms with Crippen LogP contribution in [0, 0.1) is 5.92 Å². The van der Waals surface area contributed by atoms with Crippen molar-refractivity contribution in [3.05, 3.63) is 0 Å². The van der Waals surface area contributed by atoms with E-state index in [1.54, 1.807) is 11.8 Å². The van der Waals surface area contributed by atoms with E-state index in [0.717, 1.165) is 0 Å². The minimum Gasteiger partial charge on any atom is -0.444 e. The molecular weight excluding hydrogens is 321 g/mol.